The Kier molecular flexibility index (Phi) is 11.4. The van der Waals surface area contributed by atoms with Crippen LogP contribution in [-0.2, 0) is 36.8 Å². The van der Waals surface area contributed by atoms with Gasteiger partial charge in [-0.1, -0.05) is 44.2 Å². The first-order valence-electron chi connectivity index (χ1n) is 12.1. The number of carbonyl (C=O) groups is 5. The highest BCUT2D eigenvalue weighted by Gasteiger charge is 2.31. The van der Waals surface area contributed by atoms with Crippen LogP contribution in [0.15, 0.2) is 42.9 Å². The van der Waals surface area contributed by atoms with E-state index in [4.69, 9.17) is 11.5 Å². The number of nitrogens with one attached hydrogen (secondary N) is 4. The molecule has 4 atom stereocenters. The molecule has 4 unspecified atom stereocenters. The molecule has 206 valence electrons. The van der Waals surface area contributed by atoms with Crippen LogP contribution in [0.5, 0.6) is 0 Å². The lowest BCUT2D eigenvalue weighted by molar-refractivity contribution is -0.143. The van der Waals surface area contributed by atoms with E-state index in [1.54, 1.807) is 24.3 Å². The minimum atomic E-state index is -1.59. The van der Waals surface area contributed by atoms with Gasteiger partial charge in [-0.2, -0.15) is 0 Å². The van der Waals surface area contributed by atoms with Gasteiger partial charge in [-0.3, -0.25) is 19.2 Å². The fourth-order valence-electron chi connectivity index (χ4n) is 3.72. The van der Waals surface area contributed by atoms with E-state index in [9.17, 15) is 29.1 Å². The van der Waals surface area contributed by atoms with Crippen LogP contribution in [0.4, 0.5) is 0 Å². The molecule has 0 spiro atoms. The minimum absolute atomic E-state index is 0.0701. The third-order valence-corrected chi connectivity index (χ3v) is 5.61. The molecule has 1 aromatic heterocycles. The van der Waals surface area contributed by atoms with Crippen molar-refractivity contribution in [2.75, 3.05) is 0 Å². The topological polar surface area (TPSA) is 222 Å². The molecule has 2 rings (SSSR count). The second-order valence-corrected chi connectivity index (χ2v) is 9.40. The number of carboxylic acid groups (broad SMARTS) is 1. The number of H-pyrrole nitrogens is 1. The molecular formula is C25H35N7O6. The smallest absolute Gasteiger partial charge is 0.326 e. The Morgan fingerprint density at radius 2 is 1.50 bits per heavy atom. The van der Waals surface area contributed by atoms with Crippen LogP contribution in [0.25, 0.3) is 0 Å². The Hall–Kier alpha value is -4.26. The van der Waals surface area contributed by atoms with Crippen LogP contribution in [0.1, 0.15) is 37.9 Å². The molecule has 13 nitrogen and oxygen atoms in total. The molecule has 2 aromatic rings. The number of benzene rings is 1. The van der Waals surface area contributed by atoms with Gasteiger partial charge in [0.25, 0.3) is 0 Å². The Labute approximate surface area is 220 Å². The fourth-order valence-corrected chi connectivity index (χ4v) is 3.72. The van der Waals surface area contributed by atoms with Crippen molar-refractivity contribution in [1.29, 1.82) is 0 Å². The van der Waals surface area contributed by atoms with E-state index >= 15 is 0 Å². The molecular weight excluding hydrogens is 494 g/mol. The molecule has 0 aliphatic carbocycles. The van der Waals surface area contributed by atoms with Crippen LogP contribution in [0, 0.1) is 5.92 Å². The zero-order valence-corrected chi connectivity index (χ0v) is 21.3. The lowest BCUT2D eigenvalue weighted by Crippen LogP contribution is -2.58. The first-order chi connectivity index (χ1) is 18.0. The zero-order valence-electron chi connectivity index (χ0n) is 21.3. The number of nitrogens with two attached hydrogens (primary N) is 2. The number of aliphatic carboxylic acids is 1. The van der Waals surface area contributed by atoms with Crippen molar-refractivity contribution in [3.05, 3.63) is 54.1 Å². The molecule has 0 radical (unpaired) electrons. The van der Waals surface area contributed by atoms with E-state index < -0.39 is 60.2 Å². The fraction of sp³-hybridized carbons (Fsp3) is 0.440. The molecule has 0 saturated carbocycles. The van der Waals surface area contributed by atoms with Crippen LogP contribution < -0.4 is 27.4 Å². The van der Waals surface area contributed by atoms with E-state index in [1.807, 2.05) is 19.9 Å². The van der Waals surface area contributed by atoms with Crippen LogP contribution in [0.3, 0.4) is 0 Å². The Morgan fingerprint density at radius 3 is 2.03 bits per heavy atom. The third-order valence-electron chi connectivity index (χ3n) is 5.61. The average Bonchev–Trinajstić information content (AvgIpc) is 3.35. The van der Waals surface area contributed by atoms with Crippen molar-refractivity contribution in [3.63, 3.8) is 0 Å². The summed E-state index contributed by atoms with van der Waals surface area (Å²) in [6.07, 6.45) is 2.65. The molecule has 0 saturated heterocycles. The van der Waals surface area contributed by atoms with Crippen molar-refractivity contribution in [3.8, 4) is 0 Å². The van der Waals surface area contributed by atoms with E-state index in [1.165, 1.54) is 12.5 Å². The van der Waals surface area contributed by atoms with Crippen molar-refractivity contribution in [2.24, 2.45) is 17.4 Å². The summed E-state index contributed by atoms with van der Waals surface area (Å²) in [5.74, 6) is -4.28. The van der Waals surface area contributed by atoms with Crippen molar-refractivity contribution >= 4 is 29.6 Å². The number of imidazole rings is 1. The highest BCUT2D eigenvalue weighted by molar-refractivity contribution is 5.95. The van der Waals surface area contributed by atoms with E-state index in [0.717, 1.165) is 5.56 Å². The monoisotopic (exact) mass is 529 g/mol. The maximum Gasteiger partial charge on any atom is 0.326 e. The van der Waals surface area contributed by atoms with Gasteiger partial charge in [0.1, 0.15) is 18.1 Å². The van der Waals surface area contributed by atoms with Crippen molar-refractivity contribution < 1.29 is 29.1 Å². The summed E-state index contributed by atoms with van der Waals surface area (Å²) in [4.78, 5) is 68.7. The number of aromatic amines is 1. The molecule has 1 aromatic carbocycles. The predicted molar refractivity (Wildman–Crippen MR) is 137 cm³/mol. The predicted octanol–water partition coefficient (Wildman–Crippen LogP) is -1.02. The SMILES string of the molecule is CC(C)CC(N)C(=O)NC(Cc1ccccc1)C(=O)NC(Cc1cnc[nH]1)C(=O)NC(CC(N)=O)C(=O)O. The van der Waals surface area contributed by atoms with Crippen LogP contribution in [-0.4, -0.2) is 68.8 Å². The summed E-state index contributed by atoms with van der Waals surface area (Å²) in [5.41, 5.74) is 12.3. The minimum Gasteiger partial charge on any atom is -0.480 e. The summed E-state index contributed by atoms with van der Waals surface area (Å²) in [6, 6.07) is 4.19. The normalized spacial score (nSPS) is 14.1. The van der Waals surface area contributed by atoms with E-state index in [0.29, 0.717) is 12.1 Å². The van der Waals surface area contributed by atoms with Gasteiger partial charge in [0.05, 0.1) is 18.8 Å². The average molecular weight is 530 g/mol. The Morgan fingerprint density at radius 1 is 0.921 bits per heavy atom. The summed E-state index contributed by atoms with van der Waals surface area (Å²) < 4.78 is 0. The zero-order chi connectivity index (χ0) is 28.2. The molecule has 0 aliphatic heterocycles. The van der Waals surface area contributed by atoms with E-state index in [-0.39, 0.29) is 18.8 Å². The maximum atomic E-state index is 13.4. The van der Waals surface area contributed by atoms with Gasteiger partial charge in [-0.05, 0) is 17.9 Å². The molecule has 0 fully saturated rings. The third kappa shape index (κ3) is 10.0. The van der Waals surface area contributed by atoms with Gasteiger partial charge >= 0.3 is 5.97 Å². The molecule has 38 heavy (non-hydrogen) atoms. The summed E-state index contributed by atoms with van der Waals surface area (Å²) in [7, 11) is 0. The molecule has 0 bridgehead atoms. The number of nitrogens with zero attached hydrogens (tertiary/aromatic N) is 1. The number of primary amides is 1. The summed E-state index contributed by atoms with van der Waals surface area (Å²) in [5, 5.41) is 16.9. The van der Waals surface area contributed by atoms with Crippen molar-refractivity contribution in [1.82, 2.24) is 25.9 Å². The second kappa shape index (κ2) is 14.5. The van der Waals surface area contributed by atoms with Crippen LogP contribution >= 0.6 is 0 Å². The van der Waals surface area contributed by atoms with E-state index in [2.05, 4.69) is 25.9 Å². The maximum absolute atomic E-state index is 13.4. The first-order valence-corrected chi connectivity index (χ1v) is 12.1. The lowest BCUT2D eigenvalue weighted by atomic mass is 10.0. The van der Waals surface area contributed by atoms with Crippen molar-refractivity contribution in [2.45, 2.75) is 63.7 Å². The highest BCUT2D eigenvalue weighted by atomic mass is 16.4. The van der Waals surface area contributed by atoms with Gasteiger partial charge in [0.15, 0.2) is 0 Å². The molecule has 0 aliphatic rings. The summed E-state index contributed by atoms with van der Waals surface area (Å²) in [6.45, 7) is 3.84. The van der Waals surface area contributed by atoms with Gasteiger partial charge in [0, 0.05) is 24.7 Å². The van der Waals surface area contributed by atoms with Gasteiger partial charge in [-0.25, -0.2) is 9.78 Å². The number of hydrogen-bond acceptors (Lipinski definition) is 7. The summed E-state index contributed by atoms with van der Waals surface area (Å²) >= 11 is 0. The molecule has 13 heteroatoms. The molecule has 9 N–H and O–H groups in total. The molecule has 1 heterocycles. The standard InChI is InChI=1S/C25H35N7O6/c1-14(2)8-17(26)22(34)30-18(9-15-6-4-3-5-7-15)23(35)31-19(10-16-12-28-13-29-16)24(36)32-20(25(37)38)11-21(27)33/h3-7,12-14,17-20H,8-11,26H2,1-2H3,(H2,27,33)(H,28,29)(H,30,34)(H,31,35)(H,32,36)(H,37,38). The molecule has 4 amide bonds. The number of aromatic nitrogens is 2. The quantitative estimate of drug-likeness (QED) is 0.151. The van der Waals surface area contributed by atoms with Gasteiger partial charge < -0.3 is 37.5 Å². The van der Waals surface area contributed by atoms with Gasteiger partial charge in [0.2, 0.25) is 23.6 Å². The van der Waals surface area contributed by atoms with Crippen LogP contribution in [0.2, 0.25) is 0 Å². The number of amides is 4. The number of rotatable bonds is 15. The largest absolute Gasteiger partial charge is 0.480 e. The second-order valence-electron chi connectivity index (χ2n) is 9.40. The highest BCUT2D eigenvalue weighted by Crippen LogP contribution is 2.08. The number of hydrogen-bond donors (Lipinski definition) is 7. The lowest BCUT2D eigenvalue weighted by Gasteiger charge is -2.25. The Bertz CT molecular complexity index is 1090. The number of carboxylic acids is 1. The van der Waals surface area contributed by atoms with Gasteiger partial charge in [-0.15, -0.1) is 0 Å². The first kappa shape index (κ1) is 30.0. The number of carbonyl (C=O) groups excluding carboxylic acids is 4. The Balaban J connectivity index is 2.27.